The number of aromatic nitrogens is 4. The van der Waals surface area contributed by atoms with E-state index in [1.165, 1.54) is 35.6 Å². The molecule has 1 N–H and O–H groups in total. The first-order chi connectivity index (χ1) is 13.6. The monoisotopic (exact) mass is 399 g/mol. The average molecular weight is 399 g/mol. The molecule has 10 heteroatoms. The van der Waals surface area contributed by atoms with Crippen LogP contribution >= 0.6 is 11.3 Å². The Labute approximate surface area is 161 Å². The SMILES string of the molecule is O=C(Nc1cc2cc(-c3nncs3)cnc2cn1)c1ccc(OC(F)F)cc1. The Hall–Kier alpha value is -3.53. The first-order valence-electron chi connectivity index (χ1n) is 7.97. The Morgan fingerprint density at radius 1 is 1.11 bits per heavy atom. The number of alkyl halides is 2. The lowest BCUT2D eigenvalue weighted by molar-refractivity contribution is -0.0498. The number of carbonyl (C=O) groups excluding carboxylic acids is 1. The molecule has 4 rings (SSSR count). The van der Waals surface area contributed by atoms with Crippen molar-refractivity contribution in [1.82, 2.24) is 20.2 Å². The summed E-state index contributed by atoms with van der Waals surface area (Å²) < 4.78 is 28.6. The molecule has 28 heavy (non-hydrogen) atoms. The second-order valence-corrected chi connectivity index (χ2v) is 6.42. The number of amides is 1. The minimum atomic E-state index is -2.92. The smallest absolute Gasteiger partial charge is 0.387 e. The van der Waals surface area contributed by atoms with Gasteiger partial charge < -0.3 is 10.1 Å². The predicted octanol–water partition coefficient (Wildman–Crippen LogP) is 4.00. The third kappa shape index (κ3) is 3.91. The Bertz CT molecular complexity index is 1120. The molecule has 0 saturated heterocycles. The number of ether oxygens (including phenoxy) is 1. The molecule has 0 saturated carbocycles. The highest BCUT2D eigenvalue weighted by Gasteiger charge is 2.10. The van der Waals surface area contributed by atoms with E-state index >= 15 is 0 Å². The van der Waals surface area contributed by atoms with E-state index in [0.717, 1.165) is 16.0 Å². The summed E-state index contributed by atoms with van der Waals surface area (Å²) in [6.07, 6.45) is 3.24. The van der Waals surface area contributed by atoms with Gasteiger partial charge in [0.25, 0.3) is 5.91 Å². The fourth-order valence-corrected chi connectivity index (χ4v) is 3.03. The molecular weight excluding hydrogens is 388 g/mol. The lowest BCUT2D eigenvalue weighted by Gasteiger charge is -2.07. The summed E-state index contributed by atoms with van der Waals surface area (Å²) in [6.45, 7) is -2.92. The summed E-state index contributed by atoms with van der Waals surface area (Å²) >= 11 is 1.40. The number of hydrogen-bond acceptors (Lipinski definition) is 7. The highest BCUT2D eigenvalue weighted by molar-refractivity contribution is 7.12. The fourth-order valence-electron chi connectivity index (χ4n) is 2.49. The molecule has 0 aliphatic heterocycles. The molecule has 0 unspecified atom stereocenters. The van der Waals surface area contributed by atoms with Crippen molar-refractivity contribution in [3.05, 3.63) is 59.9 Å². The molecule has 0 aliphatic rings. The van der Waals surface area contributed by atoms with Gasteiger partial charge in [0.15, 0.2) is 0 Å². The first kappa shape index (κ1) is 17.9. The fraction of sp³-hybridized carbons (Fsp3) is 0.0556. The lowest BCUT2D eigenvalue weighted by Crippen LogP contribution is -2.13. The van der Waals surface area contributed by atoms with E-state index in [2.05, 4.69) is 30.2 Å². The molecule has 0 spiro atoms. The lowest BCUT2D eigenvalue weighted by atomic mass is 10.2. The van der Waals surface area contributed by atoms with E-state index in [0.29, 0.717) is 11.3 Å². The van der Waals surface area contributed by atoms with Crippen molar-refractivity contribution in [2.75, 3.05) is 5.32 Å². The summed E-state index contributed by atoms with van der Waals surface area (Å²) in [7, 11) is 0. The number of anilines is 1. The summed E-state index contributed by atoms with van der Waals surface area (Å²) in [5.41, 5.74) is 3.40. The Morgan fingerprint density at radius 2 is 1.93 bits per heavy atom. The summed E-state index contributed by atoms with van der Waals surface area (Å²) in [5.74, 6) is -0.115. The summed E-state index contributed by atoms with van der Waals surface area (Å²) in [5, 5.41) is 12.0. The average Bonchev–Trinajstić information content (AvgIpc) is 3.22. The maximum absolute atomic E-state index is 12.4. The van der Waals surface area contributed by atoms with Crippen molar-refractivity contribution >= 4 is 34.0 Å². The molecule has 3 aromatic heterocycles. The molecule has 0 fully saturated rings. The molecular formula is C18H11F2N5O2S. The summed E-state index contributed by atoms with van der Waals surface area (Å²) in [6, 6.07) is 8.96. The second kappa shape index (κ2) is 7.61. The zero-order valence-electron chi connectivity index (χ0n) is 14.0. The van der Waals surface area contributed by atoms with E-state index in [1.807, 2.05) is 6.07 Å². The quantitative estimate of drug-likeness (QED) is 0.546. The van der Waals surface area contributed by atoms with Crippen LogP contribution in [0.1, 0.15) is 10.4 Å². The van der Waals surface area contributed by atoms with Gasteiger partial charge in [-0.2, -0.15) is 8.78 Å². The van der Waals surface area contributed by atoms with Gasteiger partial charge in [-0.25, -0.2) is 4.98 Å². The van der Waals surface area contributed by atoms with Crippen LogP contribution in [0.3, 0.4) is 0 Å². The van der Waals surface area contributed by atoms with E-state index in [1.54, 1.807) is 24.0 Å². The summed E-state index contributed by atoms with van der Waals surface area (Å²) in [4.78, 5) is 20.9. The molecule has 140 valence electrons. The number of rotatable bonds is 5. The van der Waals surface area contributed by atoms with Gasteiger partial charge in [-0.15, -0.1) is 10.2 Å². The maximum atomic E-state index is 12.4. The molecule has 0 aliphatic carbocycles. The number of nitrogens with zero attached hydrogens (tertiary/aromatic N) is 4. The van der Waals surface area contributed by atoms with Crippen LogP contribution in [0.5, 0.6) is 5.75 Å². The second-order valence-electron chi connectivity index (χ2n) is 5.59. The molecule has 0 radical (unpaired) electrons. The Morgan fingerprint density at radius 3 is 2.64 bits per heavy atom. The van der Waals surface area contributed by atoms with E-state index < -0.39 is 12.5 Å². The number of pyridine rings is 2. The zero-order valence-corrected chi connectivity index (χ0v) is 14.9. The van der Waals surface area contributed by atoms with Crippen LogP contribution in [0, 0.1) is 0 Å². The van der Waals surface area contributed by atoms with Gasteiger partial charge in [0.1, 0.15) is 22.1 Å². The predicted molar refractivity (Wildman–Crippen MR) is 99.5 cm³/mol. The van der Waals surface area contributed by atoms with E-state index in [-0.39, 0.29) is 11.3 Å². The highest BCUT2D eigenvalue weighted by atomic mass is 32.1. The number of fused-ring (bicyclic) bond motifs is 1. The molecule has 4 aromatic rings. The van der Waals surface area contributed by atoms with Gasteiger partial charge >= 0.3 is 6.61 Å². The van der Waals surface area contributed by atoms with Crippen LogP contribution in [-0.2, 0) is 0 Å². The Kier molecular flexibility index (Phi) is 4.85. The van der Waals surface area contributed by atoms with E-state index in [4.69, 9.17) is 0 Å². The number of carbonyl (C=O) groups is 1. The van der Waals surface area contributed by atoms with Crippen molar-refractivity contribution in [2.24, 2.45) is 0 Å². The van der Waals surface area contributed by atoms with Crippen LogP contribution in [0.2, 0.25) is 0 Å². The number of halogens is 2. The van der Waals surface area contributed by atoms with Crippen molar-refractivity contribution < 1.29 is 18.3 Å². The first-order valence-corrected chi connectivity index (χ1v) is 8.85. The largest absolute Gasteiger partial charge is 0.435 e. The number of hydrogen-bond donors (Lipinski definition) is 1. The van der Waals surface area contributed by atoms with Crippen molar-refractivity contribution in [3.63, 3.8) is 0 Å². The van der Waals surface area contributed by atoms with Gasteiger partial charge in [0.2, 0.25) is 0 Å². The molecule has 1 amide bonds. The van der Waals surface area contributed by atoms with Crippen LogP contribution < -0.4 is 10.1 Å². The third-order valence-corrected chi connectivity index (χ3v) is 4.50. The van der Waals surface area contributed by atoms with Crippen molar-refractivity contribution in [3.8, 4) is 16.3 Å². The van der Waals surface area contributed by atoms with Gasteiger partial charge in [-0.3, -0.25) is 9.78 Å². The molecule has 0 bridgehead atoms. The van der Waals surface area contributed by atoms with Crippen molar-refractivity contribution in [1.29, 1.82) is 0 Å². The third-order valence-electron chi connectivity index (χ3n) is 3.76. The number of nitrogens with one attached hydrogen (secondary N) is 1. The minimum Gasteiger partial charge on any atom is -0.435 e. The Balaban J connectivity index is 1.54. The molecule has 7 nitrogen and oxygen atoms in total. The number of benzene rings is 1. The van der Waals surface area contributed by atoms with Gasteiger partial charge in [0, 0.05) is 22.7 Å². The topological polar surface area (TPSA) is 89.9 Å². The van der Waals surface area contributed by atoms with Gasteiger partial charge in [-0.05, 0) is 36.4 Å². The normalized spacial score (nSPS) is 11.0. The van der Waals surface area contributed by atoms with Crippen molar-refractivity contribution in [2.45, 2.75) is 6.61 Å². The molecule has 3 heterocycles. The zero-order chi connectivity index (χ0) is 19.5. The van der Waals surface area contributed by atoms with Crippen LogP contribution in [0.25, 0.3) is 21.5 Å². The van der Waals surface area contributed by atoms with Crippen LogP contribution in [-0.4, -0.2) is 32.7 Å². The highest BCUT2D eigenvalue weighted by Crippen LogP contribution is 2.24. The molecule has 1 aromatic carbocycles. The van der Waals surface area contributed by atoms with Gasteiger partial charge in [-0.1, -0.05) is 11.3 Å². The standard InChI is InChI=1S/C18H11F2N5O2S/c19-18(20)27-13-3-1-10(2-4-13)16(26)24-15-6-11-5-12(17-25-23-9-28-17)7-21-14(11)8-22-15/h1-9,18H,(H,22,24,26). The minimum absolute atomic E-state index is 0.0225. The van der Waals surface area contributed by atoms with Gasteiger partial charge in [0.05, 0.1) is 11.7 Å². The molecule has 0 atom stereocenters. The van der Waals surface area contributed by atoms with Crippen LogP contribution in [0.15, 0.2) is 54.3 Å². The van der Waals surface area contributed by atoms with Crippen LogP contribution in [0.4, 0.5) is 14.6 Å². The van der Waals surface area contributed by atoms with E-state index in [9.17, 15) is 13.6 Å². The maximum Gasteiger partial charge on any atom is 0.387 e.